The number of benzene rings is 2. The van der Waals surface area contributed by atoms with Crippen LogP contribution in [0.3, 0.4) is 0 Å². The van der Waals surface area contributed by atoms with Gasteiger partial charge in [0.05, 0.1) is 10.2 Å². The Morgan fingerprint density at radius 1 is 1.09 bits per heavy atom. The van der Waals surface area contributed by atoms with Crippen molar-refractivity contribution in [1.29, 1.82) is 0 Å². The van der Waals surface area contributed by atoms with Crippen molar-refractivity contribution in [2.24, 2.45) is 0 Å². The standard InChI is InChI=1S/C24H22N6O3S/c1-17(23(31)26-20-9-11-21(12-10-20)30(32)33)34-24-28-27-22(19-8-5-14-25-16-19)29(24)15-13-18-6-3-2-4-7-18/h2-12,14,16-17H,13,15H2,1H3,(H,26,31). The van der Waals surface area contributed by atoms with Crippen molar-refractivity contribution in [3.05, 3.63) is 94.8 Å². The van der Waals surface area contributed by atoms with Crippen molar-refractivity contribution < 1.29 is 9.72 Å². The highest BCUT2D eigenvalue weighted by molar-refractivity contribution is 8.00. The lowest BCUT2D eigenvalue weighted by molar-refractivity contribution is -0.384. The van der Waals surface area contributed by atoms with Crippen LogP contribution in [-0.4, -0.2) is 35.8 Å². The summed E-state index contributed by atoms with van der Waals surface area (Å²) < 4.78 is 2.00. The molecule has 0 bridgehead atoms. The van der Waals surface area contributed by atoms with E-state index in [2.05, 4.69) is 32.6 Å². The zero-order chi connectivity index (χ0) is 23.9. The van der Waals surface area contributed by atoms with Gasteiger partial charge in [0.2, 0.25) is 5.91 Å². The second-order valence-corrected chi connectivity index (χ2v) is 8.80. The number of carbonyl (C=O) groups excluding carboxylic acids is 1. The van der Waals surface area contributed by atoms with E-state index in [0.29, 0.717) is 23.2 Å². The summed E-state index contributed by atoms with van der Waals surface area (Å²) in [5, 5.41) is 22.5. The Bertz CT molecular complexity index is 1260. The third-order valence-corrected chi connectivity index (χ3v) is 6.18. The summed E-state index contributed by atoms with van der Waals surface area (Å²) in [6.07, 6.45) is 4.22. The molecule has 0 aliphatic heterocycles. The SMILES string of the molecule is CC(Sc1nnc(-c2cccnc2)n1CCc1ccccc1)C(=O)Nc1ccc([N+](=O)[O-])cc1. The van der Waals surface area contributed by atoms with E-state index in [1.54, 1.807) is 19.3 Å². The Balaban J connectivity index is 1.51. The topological polar surface area (TPSA) is 116 Å². The minimum Gasteiger partial charge on any atom is -0.325 e. The molecule has 172 valence electrons. The molecule has 0 spiro atoms. The fourth-order valence-electron chi connectivity index (χ4n) is 3.29. The van der Waals surface area contributed by atoms with E-state index in [-0.39, 0.29) is 11.6 Å². The number of pyridine rings is 1. The number of hydrogen-bond donors (Lipinski definition) is 1. The zero-order valence-electron chi connectivity index (χ0n) is 18.4. The molecule has 2 aromatic heterocycles. The summed E-state index contributed by atoms with van der Waals surface area (Å²) in [4.78, 5) is 27.3. The third-order valence-electron chi connectivity index (χ3n) is 5.10. The van der Waals surface area contributed by atoms with Gasteiger partial charge in [0.1, 0.15) is 0 Å². The number of thioether (sulfide) groups is 1. The minimum atomic E-state index is -0.480. The van der Waals surface area contributed by atoms with Gasteiger partial charge in [-0.1, -0.05) is 42.1 Å². The van der Waals surface area contributed by atoms with Gasteiger partial charge in [-0.2, -0.15) is 0 Å². The Hall–Kier alpha value is -4.05. The molecule has 1 atom stereocenters. The largest absolute Gasteiger partial charge is 0.325 e. The molecule has 2 heterocycles. The molecule has 0 saturated carbocycles. The number of carbonyl (C=O) groups is 1. The Kier molecular flexibility index (Phi) is 7.28. The minimum absolute atomic E-state index is 0.0325. The van der Waals surface area contributed by atoms with Crippen molar-refractivity contribution in [1.82, 2.24) is 19.7 Å². The summed E-state index contributed by atoms with van der Waals surface area (Å²) >= 11 is 1.30. The molecule has 2 aromatic carbocycles. The van der Waals surface area contributed by atoms with Gasteiger partial charge >= 0.3 is 0 Å². The average Bonchev–Trinajstić information content (AvgIpc) is 3.26. The number of nitro groups is 1. The molecule has 4 aromatic rings. The molecular formula is C24H22N6O3S. The van der Waals surface area contributed by atoms with Crippen LogP contribution in [0.1, 0.15) is 12.5 Å². The molecule has 1 N–H and O–H groups in total. The third kappa shape index (κ3) is 5.65. The fraction of sp³-hybridized carbons (Fsp3) is 0.167. The predicted octanol–water partition coefficient (Wildman–Crippen LogP) is 4.61. The number of nitro benzene ring substituents is 1. The van der Waals surface area contributed by atoms with Crippen molar-refractivity contribution in [2.45, 2.75) is 30.3 Å². The maximum absolute atomic E-state index is 12.8. The van der Waals surface area contributed by atoms with Crippen LogP contribution in [-0.2, 0) is 17.8 Å². The number of nitrogens with one attached hydrogen (secondary N) is 1. The van der Waals surface area contributed by atoms with Crippen molar-refractivity contribution in [3.63, 3.8) is 0 Å². The average molecular weight is 475 g/mol. The summed E-state index contributed by atoms with van der Waals surface area (Å²) in [5.41, 5.74) is 2.49. The van der Waals surface area contributed by atoms with E-state index < -0.39 is 10.2 Å². The summed E-state index contributed by atoms with van der Waals surface area (Å²) in [6, 6.07) is 19.6. The molecule has 0 fully saturated rings. The van der Waals surface area contributed by atoms with Crippen molar-refractivity contribution >= 4 is 29.0 Å². The van der Waals surface area contributed by atoms with Gasteiger partial charge in [0.25, 0.3) is 5.69 Å². The first-order chi connectivity index (χ1) is 16.5. The molecule has 0 aliphatic carbocycles. The highest BCUT2D eigenvalue weighted by atomic mass is 32.2. The number of nitrogens with zero attached hydrogens (tertiary/aromatic N) is 5. The van der Waals surface area contributed by atoms with Crippen LogP contribution in [0.4, 0.5) is 11.4 Å². The lowest BCUT2D eigenvalue weighted by atomic mass is 10.1. The number of anilines is 1. The lowest BCUT2D eigenvalue weighted by Gasteiger charge is -2.14. The summed E-state index contributed by atoms with van der Waals surface area (Å²) in [7, 11) is 0. The quantitative estimate of drug-likeness (QED) is 0.214. The Morgan fingerprint density at radius 3 is 2.53 bits per heavy atom. The van der Waals surface area contributed by atoms with Crippen LogP contribution in [0.2, 0.25) is 0 Å². The fourth-order valence-corrected chi connectivity index (χ4v) is 4.17. The molecule has 4 rings (SSSR count). The number of rotatable bonds is 9. The van der Waals surface area contributed by atoms with Gasteiger partial charge in [-0.15, -0.1) is 10.2 Å². The molecule has 10 heteroatoms. The monoisotopic (exact) mass is 474 g/mol. The maximum Gasteiger partial charge on any atom is 0.269 e. The molecule has 0 aliphatic rings. The highest BCUT2D eigenvalue weighted by Gasteiger charge is 2.21. The molecule has 0 saturated heterocycles. The maximum atomic E-state index is 12.8. The first-order valence-electron chi connectivity index (χ1n) is 10.6. The molecule has 9 nitrogen and oxygen atoms in total. The van der Waals surface area contributed by atoms with Crippen LogP contribution in [0.15, 0.2) is 84.3 Å². The molecular weight excluding hydrogens is 452 g/mol. The summed E-state index contributed by atoms with van der Waals surface area (Å²) in [6.45, 7) is 2.42. The van der Waals surface area contributed by atoms with Crippen LogP contribution in [0.25, 0.3) is 11.4 Å². The van der Waals surface area contributed by atoms with E-state index in [1.165, 1.54) is 41.6 Å². The first kappa shape index (κ1) is 23.1. The molecule has 1 unspecified atom stereocenters. The second kappa shape index (κ2) is 10.7. The smallest absolute Gasteiger partial charge is 0.269 e. The van der Waals surface area contributed by atoms with Gasteiger partial charge in [0, 0.05) is 42.3 Å². The van der Waals surface area contributed by atoms with E-state index in [9.17, 15) is 14.9 Å². The van der Waals surface area contributed by atoms with Gasteiger partial charge in [-0.3, -0.25) is 19.9 Å². The predicted molar refractivity (Wildman–Crippen MR) is 130 cm³/mol. The first-order valence-corrected chi connectivity index (χ1v) is 11.5. The number of amides is 1. The molecule has 34 heavy (non-hydrogen) atoms. The van der Waals surface area contributed by atoms with Gasteiger partial charge in [0.15, 0.2) is 11.0 Å². The number of aromatic nitrogens is 4. The normalized spacial score (nSPS) is 11.7. The highest BCUT2D eigenvalue weighted by Crippen LogP contribution is 2.28. The number of aryl methyl sites for hydroxylation is 1. The van der Waals surface area contributed by atoms with Crippen molar-refractivity contribution in [2.75, 3.05) is 5.32 Å². The van der Waals surface area contributed by atoms with Crippen LogP contribution < -0.4 is 5.32 Å². The van der Waals surface area contributed by atoms with Crippen LogP contribution >= 0.6 is 11.8 Å². The summed E-state index contributed by atoms with van der Waals surface area (Å²) in [5.74, 6) is 0.453. The number of hydrogen-bond acceptors (Lipinski definition) is 7. The Labute approximate surface area is 200 Å². The second-order valence-electron chi connectivity index (χ2n) is 7.49. The Morgan fingerprint density at radius 2 is 1.85 bits per heavy atom. The molecule has 1 amide bonds. The van der Waals surface area contributed by atoms with Gasteiger partial charge in [-0.25, -0.2) is 0 Å². The van der Waals surface area contributed by atoms with E-state index in [0.717, 1.165) is 12.0 Å². The van der Waals surface area contributed by atoms with Crippen molar-refractivity contribution in [3.8, 4) is 11.4 Å². The van der Waals surface area contributed by atoms with E-state index >= 15 is 0 Å². The lowest BCUT2D eigenvalue weighted by Crippen LogP contribution is -2.23. The van der Waals surface area contributed by atoms with Crippen LogP contribution in [0.5, 0.6) is 0 Å². The number of non-ortho nitro benzene ring substituents is 1. The van der Waals surface area contributed by atoms with Gasteiger partial charge < -0.3 is 9.88 Å². The van der Waals surface area contributed by atoms with Crippen LogP contribution in [0, 0.1) is 10.1 Å². The van der Waals surface area contributed by atoms with Gasteiger partial charge in [-0.05, 0) is 43.2 Å². The molecule has 0 radical (unpaired) electrons. The van der Waals surface area contributed by atoms with E-state index in [4.69, 9.17) is 0 Å². The zero-order valence-corrected chi connectivity index (χ0v) is 19.2. The van der Waals surface area contributed by atoms with E-state index in [1.807, 2.05) is 34.9 Å².